The van der Waals surface area contributed by atoms with Crippen LogP contribution in [0.2, 0.25) is 10.0 Å². The largest absolute Gasteiger partial charge is 0.497 e. The summed E-state index contributed by atoms with van der Waals surface area (Å²) in [5.74, 6) is 1.12. The fourth-order valence-electron chi connectivity index (χ4n) is 3.66. The number of nitrogens with one attached hydrogen (secondary N) is 2. The highest BCUT2D eigenvalue weighted by molar-refractivity contribution is 6.31. The fraction of sp³-hybridized carbons (Fsp3) is 0.0800. The summed E-state index contributed by atoms with van der Waals surface area (Å²) < 4.78 is 7.03. The molecular weight excluding hydrogens is 473 g/mol. The molecule has 7 nitrogen and oxygen atoms in total. The van der Waals surface area contributed by atoms with Gasteiger partial charge >= 0.3 is 0 Å². The van der Waals surface area contributed by atoms with Crippen LogP contribution in [-0.2, 0) is 0 Å². The van der Waals surface area contributed by atoms with Crippen LogP contribution >= 0.6 is 23.2 Å². The van der Waals surface area contributed by atoms with Gasteiger partial charge in [0.1, 0.15) is 11.8 Å². The molecule has 34 heavy (non-hydrogen) atoms. The number of hydrogen-bond donors (Lipinski definition) is 2. The summed E-state index contributed by atoms with van der Waals surface area (Å²) in [6.07, 6.45) is 2.05. The van der Waals surface area contributed by atoms with Crippen molar-refractivity contribution < 1.29 is 9.53 Å². The lowest BCUT2D eigenvalue weighted by atomic mass is 10.0. The first-order valence-corrected chi connectivity index (χ1v) is 11.2. The quantitative estimate of drug-likeness (QED) is 0.363. The standard InChI is InChI=1S/C25H19Cl2N5O2/c1-34-20-12-6-16(7-13-20)22-14-21(15-2-8-18(26)9-3-15)28-25-30-24(31-32(22)25)29-23(33)17-4-10-19(27)11-5-17/h2-14,22H,1H3,(H2,28,29,30,31,33)/t22-/m1/s1. The third kappa shape index (κ3) is 4.48. The van der Waals surface area contributed by atoms with Crippen molar-refractivity contribution in [2.24, 2.45) is 0 Å². The normalized spacial score (nSPS) is 14.6. The molecule has 9 heteroatoms. The predicted octanol–water partition coefficient (Wildman–Crippen LogP) is 5.90. The van der Waals surface area contributed by atoms with Crippen LogP contribution in [0, 0.1) is 0 Å². The number of hydrogen-bond acceptors (Lipinski definition) is 5. The average molecular weight is 492 g/mol. The van der Waals surface area contributed by atoms with Gasteiger partial charge in [0.2, 0.25) is 5.95 Å². The molecule has 0 unspecified atom stereocenters. The lowest BCUT2D eigenvalue weighted by Gasteiger charge is -2.24. The Morgan fingerprint density at radius 2 is 1.62 bits per heavy atom. The van der Waals surface area contributed by atoms with E-state index in [9.17, 15) is 4.79 Å². The van der Waals surface area contributed by atoms with Gasteiger partial charge in [-0.05, 0) is 65.7 Å². The van der Waals surface area contributed by atoms with Crippen LogP contribution in [0.1, 0.15) is 27.5 Å². The van der Waals surface area contributed by atoms with Crippen LogP contribution in [0.4, 0.5) is 11.9 Å². The fourth-order valence-corrected chi connectivity index (χ4v) is 3.91. The molecule has 0 spiro atoms. The van der Waals surface area contributed by atoms with Crippen molar-refractivity contribution in [3.63, 3.8) is 0 Å². The van der Waals surface area contributed by atoms with E-state index in [0.717, 1.165) is 22.6 Å². The number of halogens is 2. The molecule has 0 radical (unpaired) electrons. The van der Waals surface area contributed by atoms with Crippen molar-refractivity contribution in [3.8, 4) is 5.75 Å². The van der Waals surface area contributed by atoms with Crippen molar-refractivity contribution in [1.82, 2.24) is 14.8 Å². The first-order chi connectivity index (χ1) is 16.5. The van der Waals surface area contributed by atoms with Crippen LogP contribution < -0.4 is 15.4 Å². The van der Waals surface area contributed by atoms with Gasteiger partial charge in [0.05, 0.1) is 7.11 Å². The zero-order valence-corrected chi connectivity index (χ0v) is 19.5. The number of carbonyl (C=O) groups is 1. The monoisotopic (exact) mass is 491 g/mol. The maximum absolute atomic E-state index is 12.7. The number of allylic oxidation sites excluding steroid dienone is 1. The Balaban J connectivity index is 1.50. The molecule has 1 aliphatic rings. The zero-order chi connectivity index (χ0) is 23.7. The molecule has 4 aromatic rings. The summed E-state index contributed by atoms with van der Waals surface area (Å²) in [7, 11) is 1.63. The number of aromatic nitrogens is 3. The van der Waals surface area contributed by atoms with Crippen LogP contribution in [0.3, 0.4) is 0 Å². The highest BCUT2D eigenvalue weighted by atomic mass is 35.5. The Bertz CT molecular complexity index is 1360. The molecule has 0 bridgehead atoms. The highest BCUT2D eigenvalue weighted by Crippen LogP contribution is 2.34. The number of fused-ring (bicyclic) bond motifs is 1. The molecule has 2 heterocycles. The number of methoxy groups -OCH3 is 1. The van der Waals surface area contributed by atoms with Gasteiger partial charge in [-0.2, -0.15) is 4.98 Å². The van der Waals surface area contributed by atoms with Gasteiger partial charge in [-0.1, -0.05) is 47.5 Å². The molecule has 1 atom stereocenters. The second kappa shape index (κ2) is 9.21. The number of anilines is 2. The van der Waals surface area contributed by atoms with E-state index in [0.29, 0.717) is 21.6 Å². The van der Waals surface area contributed by atoms with Gasteiger partial charge in [0.15, 0.2) is 0 Å². The third-order valence-electron chi connectivity index (χ3n) is 5.41. The molecule has 0 aliphatic carbocycles. The van der Waals surface area contributed by atoms with E-state index in [1.165, 1.54) is 0 Å². The molecule has 0 fully saturated rings. The highest BCUT2D eigenvalue weighted by Gasteiger charge is 2.26. The van der Waals surface area contributed by atoms with E-state index in [1.54, 1.807) is 36.1 Å². The van der Waals surface area contributed by atoms with Gasteiger partial charge in [-0.25, -0.2) is 4.68 Å². The molecule has 170 valence electrons. The summed E-state index contributed by atoms with van der Waals surface area (Å²) in [6, 6.07) is 21.6. The first-order valence-electron chi connectivity index (χ1n) is 10.4. The van der Waals surface area contributed by atoms with Crippen molar-refractivity contribution in [1.29, 1.82) is 0 Å². The number of nitrogens with zero attached hydrogens (tertiary/aromatic N) is 3. The minimum atomic E-state index is -0.327. The number of amides is 1. The molecule has 2 N–H and O–H groups in total. The molecule has 3 aromatic carbocycles. The topological polar surface area (TPSA) is 81.1 Å². The lowest BCUT2D eigenvalue weighted by Crippen LogP contribution is -2.20. The van der Waals surface area contributed by atoms with Crippen molar-refractivity contribution in [3.05, 3.63) is 106 Å². The summed E-state index contributed by atoms with van der Waals surface area (Å²) in [4.78, 5) is 17.2. The van der Waals surface area contributed by atoms with Gasteiger partial charge in [0, 0.05) is 21.3 Å². The molecule has 0 saturated heterocycles. The van der Waals surface area contributed by atoms with E-state index >= 15 is 0 Å². The maximum atomic E-state index is 12.7. The molecule has 1 aliphatic heterocycles. The minimum Gasteiger partial charge on any atom is -0.497 e. The molecule has 1 amide bonds. The minimum absolute atomic E-state index is 0.187. The Labute approximate surface area is 206 Å². The smallest absolute Gasteiger partial charge is 0.258 e. The van der Waals surface area contributed by atoms with E-state index in [2.05, 4.69) is 26.8 Å². The van der Waals surface area contributed by atoms with Crippen molar-refractivity contribution >= 4 is 46.7 Å². The first kappa shape index (κ1) is 22.0. The van der Waals surface area contributed by atoms with Crippen LogP contribution in [0.25, 0.3) is 5.70 Å². The number of ether oxygens (including phenoxy) is 1. The second-order valence-corrected chi connectivity index (χ2v) is 8.47. The molecule has 0 saturated carbocycles. The summed E-state index contributed by atoms with van der Waals surface area (Å²) in [5, 5.41) is 11.8. The summed E-state index contributed by atoms with van der Waals surface area (Å²) in [5.41, 5.74) is 3.24. The lowest BCUT2D eigenvalue weighted by molar-refractivity contribution is 0.102. The van der Waals surface area contributed by atoms with Gasteiger partial charge in [-0.3, -0.25) is 10.1 Å². The van der Waals surface area contributed by atoms with E-state index < -0.39 is 0 Å². The molecule has 1 aromatic heterocycles. The number of rotatable bonds is 5. The summed E-state index contributed by atoms with van der Waals surface area (Å²) in [6.45, 7) is 0. The Hall–Kier alpha value is -3.81. The zero-order valence-electron chi connectivity index (χ0n) is 18.0. The average Bonchev–Trinajstić information content (AvgIpc) is 3.26. The molecule has 5 rings (SSSR count). The van der Waals surface area contributed by atoms with Gasteiger partial charge < -0.3 is 10.1 Å². The third-order valence-corrected chi connectivity index (χ3v) is 5.91. The van der Waals surface area contributed by atoms with Crippen LogP contribution in [0.15, 0.2) is 78.9 Å². The van der Waals surface area contributed by atoms with Crippen LogP contribution in [0.5, 0.6) is 5.75 Å². The summed E-state index contributed by atoms with van der Waals surface area (Å²) >= 11 is 12.0. The Morgan fingerprint density at radius 3 is 2.26 bits per heavy atom. The predicted molar refractivity (Wildman–Crippen MR) is 134 cm³/mol. The Kier molecular flexibility index (Phi) is 5.96. The molecular formula is C25H19Cl2N5O2. The van der Waals surface area contributed by atoms with E-state index in [-0.39, 0.29) is 17.9 Å². The SMILES string of the molecule is COc1ccc([C@H]2C=C(c3ccc(Cl)cc3)Nc3nc(NC(=O)c4ccc(Cl)cc4)nn32)cc1. The van der Waals surface area contributed by atoms with E-state index in [1.807, 2.05) is 48.5 Å². The Morgan fingerprint density at radius 1 is 0.971 bits per heavy atom. The maximum Gasteiger partial charge on any atom is 0.258 e. The van der Waals surface area contributed by atoms with Crippen molar-refractivity contribution in [2.75, 3.05) is 17.7 Å². The van der Waals surface area contributed by atoms with Gasteiger partial charge in [0.25, 0.3) is 11.9 Å². The van der Waals surface area contributed by atoms with Crippen LogP contribution in [-0.4, -0.2) is 27.8 Å². The van der Waals surface area contributed by atoms with E-state index in [4.69, 9.17) is 27.9 Å². The van der Waals surface area contributed by atoms with Crippen molar-refractivity contribution in [2.45, 2.75) is 6.04 Å². The second-order valence-electron chi connectivity index (χ2n) is 7.59. The van der Waals surface area contributed by atoms with Gasteiger partial charge in [-0.15, -0.1) is 5.10 Å². The number of benzene rings is 3. The number of carbonyl (C=O) groups excluding carboxylic acids is 1.